The molecule has 2 rings (SSSR count). The van der Waals surface area contributed by atoms with E-state index in [0.717, 1.165) is 5.56 Å². The monoisotopic (exact) mass is 513 g/mol. The van der Waals surface area contributed by atoms with E-state index in [2.05, 4.69) is 10.0 Å². The predicted molar refractivity (Wildman–Crippen MR) is 132 cm³/mol. The zero-order valence-corrected chi connectivity index (χ0v) is 21.7. The van der Waals surface area contributed by atoms with Gasteiger partial charge in [-0.25, -0.2) is 13.2 Å². The topological polar surface area (TPSA) is 133 Å². The van der Waals surface area contributed by atoms with Crippen molar-refractivity contribution in [1.82, 2.24) is 14.9 Å². The number of nitrogens with zero attached hydrogens (tertiary/aromatic N) is 1. The molecule has 1 aliphatic rings. The number of benzene rings is 1. The predicted octanol–water partition coefficient (Wildman–Crippen LogP) is 1.86. The third kappa shape index (κ3) is 7.71. The number of nitrogens with one attached hydrogen (secondary N) is 2. The first-order valence-electron chi connectivity index (χ1n) is 11.4. The Bertz CT molecular complexity index is 957. The molecule has 1 aliphatic heterocycles. The number of hydrogen-bond donors (Lipinski definition) is 3. The summed E-state index contributed by atoms with van der Waals surface area (Å²) in [6.45, 7) is 5.93. The zero-order valence-electron chi connectivity index (χ0n) is 20.1. The van der Waals surface area contributed by atoms with E-state index in [0.29, 0.717) is 38.1 Å². The van der Waals surface area contributed by atoms with Crippen LogP contribution < -0.4 is 10.0 Å². The van der Waals surface area contributed by atoms with Gasteiger partial charge >= 0.3 is 5.97 Å². The van der Waals surface area contributed by atoms with Crippen LogP contribution in [-0.2, 0) is 24.4 Å². The Morgan fingerprint density at radius 1 is 1.15 bits per heavy atom. The Kier molecular flexibility index (Phi) is 10.4. The van der Waals surface area contributed by atoms with Crippen LogP contribution in [0.2, 0.25) is 0 Å². The fourth-order valence-corrected chi connectivity index (χ4v) is 5.50. The van der Waals surface area contributed by atoms with Crippen molar-refractivity contribution in [1.29, 1.82) is 0 Å². The molecule has 1 saturated heterocycles. The van der Waals surface area contributed by atoms with Crippen molar-refractivity contribution < 1.29 is 27.9 Å². The Morgan fingerprint density at radius 2 is 1.74 bits per heavy atom. The molecule has 0 aliphatic carbocycles. The lowest BCUT2D eigenvalue weighted by atomic mass is 9.94. The molecular weight excluding hydrogens is 478 g/mol. The number of aryl methyl sites for hydroxylation is 1. The third-order valence-electron chi connectivity index (χ3n) is 5.95. The van der Waals surface area contributed by atoms with Crippen molar-refractivity contribution in [2.75, 3.05) is 25.1 Å². The second-order valence-corrected chi connectivity index (χ2v) is 11.6. The van der Waals surface area contributed by atoms with Gasteiger partial charge in [-0.1, -0.05) is 31.5 Å². The Hall–Kier alpha value is -2.11. The highest BCUT2D eigenvalue weighted by Crippen LogP contribution is 2.21. The number of sulfonamides is 1. The molecule has 1 fully saturated rings. The van der Waals surface area contributed by atoms with Crippen LogP contribution >= 0.6 is 11.8 Å². The van der Waals surface area contributed by atoms with Crippen LogP contribution in [0.3, 0.4) is 0 Å². The molecule has 2 unspecified atom stereocenters. The molecule has 9 nitrogen and oxygen atoms in total. The van der Waals surface area contributed by atoms with Crippen molar-refractivity contribution in [2.24, 2.45) is 11.8 Å². The first-order chi connectivity index (χ1) is 16.0. The van der Waals surface area contributed by atoms with Gasteiger partial charge in [0.25, 0.3) is 0 Å². The van der Waals surface area contributed by atoms with Crippen molar-refractivity contribution in [3.63, 3.8) is 0 Å². The molecule has 0 spiro atoms. The van der Waals surface area contributed by atoms with Gasteiger partial charge in [-0.15, -0.1) is 0 Å². The Balaban J connectivity index is 2.03. The Labute approximate surface area is 206 Å². The number of likely N-dealkylation sites (tertiary alicyclic amines) is 1. The summed E-state index contributed by atoms with van der Waals surface area (Å²) in [5, 5.41) is 11.9. The van der Waals surface area contributed by atoms with Gasteiger partial charge in [0.1, 0.15) is 12.1 Å². The number of thioether (sulfide) groups is 1. The van der Waals surface area contributed by atoms with Gasteiger partial charge in [0, 0.05) is 19.0 Å². The molecule has 190 valence electrons. The molecule has 0 radical (unpaired) electrons. The van der Waals surface area contributed by atoms with Crippen molar-refractivity contribution in [3.05, 3.63) is 29.8 Å². The second kappa shape index (κ2) is 12.6. The number of carbonyl (C=O) groups is 3. The highest BCUT2D eigenvalue weighted by atomic mass is 32.2. The standard InChI is InChI=1S/C23H35N3O6S2/c1-15(2)20(23(29)30)24-21(27)17-9-12-26(13-10-17)22(28)19(11-14-33-4)25-34(31,32)18-7-5-16(3)6-8-18/h5-8,15,17,19-20,25H,9-14H2,1-4H3,(H,24,27)(H,29,30). The van der Waals surface area contributed by atoms with E-state index >= 15 is 0 Å². The maximum Gasteiger partial charge on any atom is 0.326 e. The molecule has 1 aromatic carbocycles. The number of carboxylic acid groups (broad SMARTS) is 1. The van der Waals surface area contributed by atoms with Gasteiger partial charge in [-0.05, 0) is 56.2 Å². The van der Waals surface area contributed by atoms with Crippen LogP contribution in [0.5, 0.6) is 0 Å². The van der Waals surface area contributed by atoms with E-state index < -0.39 is 34.0 Å². The molecule has 0 bridgehead atoms. The highest BCUT2D eigenvalue weighted by Gasteiger charge is 2.34. The molecule has 11 heteroatoms. The summed E-state index contributed by atoms with van der Waals surface area (Å²) in [5.74, 6) is -1.74. The number of aliphatic carboxylic acids is 1. The molecule has 34 heavy (non-hydrogen) atoms. The quantitative estimate of drug-likeness (QED) is 0.411. The summed E-state index contributed by atoms with van der Waals surface area (Å²) in [7, 11) is -3.87. The van der Waals surface area contributed by atoms with E-state index in [9.17, 15) is 27.9 Å². The summed E-state index contributed by atoms with van der Waals surface area (Å²) in [4.78, 5) is 38.8. The SMILES string of the molecule is CSCCC(NS(=O)(=O)c1ccc(C)cc1)C(=O)N1CCC(C(=O)NC(C(=O)O)C(C)C)CC1. The van der Waals surface area contributed by atoms with E-state index in [1.165, 1.54) is 23.9 Å². The lowest BCUT2D eigenvalue weighted by molar-refractivity contribution is -0.144. The number of carboxylic acids is 1. The number of carbonyl (C=O) groups excluding carboxylic acids is 2. The molecular formula is C23H35N3O6S2. The van der Waals surface area contributed by atoms with Crippen molar-refractivity contribution in [3.8, 4) is 0 Å². The smallest absolute Gasteiger partial charge is 0.326 e. The summed E-state index contributed by atoms with van der Waals surface area (Å²) in [6, 6.07) is 4.58. The van der Waals surface area contributed by atoms with Crippen LogP contribution in [0.15, 0.2) is 29.2 Å². The third-order valence-corrected chi connectivity index (χ3v) is 8.08. The number of rotatable bonds is 11. The minimum atomic E-state index is -3.87. The van der Waals surface area contributed by atoms with E-state index in [4.69, 9.17) is 0 Å². The molecule has 2 amide bonds. The first kappa shape index (κ1) is 28.1. The van der Waals surface area contributed by atoms with Gasteiger partial charge in [0.05, 0.1) is 4.90 Å². The fourth-order valence-electron chi connectivity index (χ4n) is 3.81. The van der Waals surface area contributed by atoms with Crippen LogP contribution in [0.25, 0.3) is 0 Å². The second-order valence-electron chi connectivity index (χ2n) is 8.94. The minimum absolute atomic E-state index is 0.105. The van der Waals surface area contributed by atoms with Gasteiger partial charge in [0.2, 0.25) is 21.8 Å². The largest absolute Gasteiger partial charge is 0.480 e. The van der Waals surface area contributed by atoms with Gasteiger partial charge in [0.15, 0.2) is 0 Å². The molecule has 0 aromatic heterocycles. The summed E-state index contributed by atoms with van der Waals surface area (Å²) >= 11 is 1.53. The summed E-state index contributed by atoms with van der Waals surface area (Å²) in [6.07, 6.45) is 3.02. The first-order valence-corrected chi connectivity index (χ1v) is 14.2. The normalized spacial score (nSPS) is 16.8. The molecule has 2 atom stereocenters. The number of hydrogen-bond acceptors (Lipinski definition) is 6. The van der Waals surface area contributed by atoms with Crippen LogP contribution in [0, 0.1) is 18.8 Å². The number of amides is 2. The molecule has 3 N–H and O–H groups in total. The minimum Gasteiger partial charge on any atom is -0.480 e. The lowest BCUT2D eigenvalue weighted by Gasteiger charge is -2.34. The Morgan fingerprint density at radius 3 is 2.24 bits per heavy atom. The average molecular weight is 514 g/mol. The van der Waals surface area contributed by atoms with Crippen LogP contribution in [0.1, 0.15) is 38.7 Å². The summed E-state index contributed by atoms with van der Waals surface area (Å²) in [5.41, 5.74) is 0.934. The summed E-state index contributed by atoms with van der Waals surface area (Å²) < 4.78 is 28.3. The van der Waals surface area contributed by atoms with Gasteiger partial charge < -0.3 is 15.3 Å². The van der Waals surface area contributed by atoms with Gasteiger partial charge in [-0.2, -0.15) is 16.5 Å². The highest BCUT2D eigenvalue weighted by molar-refractivity contribution is 7.98. The van der Waals surface area contributed by atoms with E-state index in [1.54, 1.807) is 30.9 Å². The van der Waals surface area contributed by atoms with Crippen molar-refractivity contribution in [2.45, 2.75) is 57.0 Å². The van der Waals surface area contributed by atoms with Crippen LogP contribution in [0.4, 0.5) is 0 Å². The lowest BCUT2D eigenvalue weighted by Crippen LogP contribution is -2.53. The van der Waals surface area contributed by atoms with Crippen LogP contribution in [-0.4, -0.2) is 73.4 Å². The van der Waals surface area contributed by atoms with E-state index in [1.807, 2.05) is 13.2 Å². The maximum absolute atomic E-state index is 13.2. The molecule has 0 saturated carbocycles. The average Bonchev–Trinajstić information content (AvgIpc) is 2.79. The molecule has 1 aromatic rings. The zero-order chi connectivity index (χ0) is 25.5. The maximum atomic E-state index is 13.2. The number of piperidine rings is 1. The van der Waals surface area contributed by atoms with Crippen molar-refractivity contribution >= 4 is 39.6 Å². The van der Waals surface area contributed by atoms with Gasteiger partial charge in [-0.3, -0.25) is 9.59 Å². The van der Waals surface area contributed by atoms with E-state index in [-0.39, 0.29) is 22.6 Å². The molecule has 1 heterocycles. The fraction of sp³-hybridized carbons (Fsp3) is 0.609.